The van der Waals surface area contributed by atoms with Crippen molar-refractivity contribution >= 4 is 21.7 Å². The topological polar surface area (TPSA) is 61.6 Å². The first-order chi connectivity index (χ1) is 8.69. The summed E-state index contributed by atoms with van der Waals surface area (Å²) in [5.74, 6) is 0.758. The van der Waals surface area contributed by atoms with Crippen molar-refractivity contribution in [2.45, 2.75) is 13.0 Å². The van der Waals surface area contributed by atoms with E-state index in [9.17, 15) is 0 Å². The Morgan fingerprint density at radius 3 is 2.61 bits per heavy atom. The molecule has 4 nitrogen and oxygen atoms in total. The SMILES string of the molecule is CC(Nc1cc(Br)ncn1)c1ccc(C#N)cc1. The minimum atomic E-state index is 0.111. The van der Waals surface area contributed by atoms with Gasteiger partial charge in [0.2, 0.25) is 0 Å². The van der Waals surface area contributed by atoms with Gasteiger partial charge < -0.3 is 5.32 Å². The lowest BCUT2D eigenvalue weighted by molar-refractivity contribution is 0.870. The van der Waals surface area contributed by atoms with Gasteiger partial charge >= 0.3 is 0 Å². The molecule has 2 aromatic rings. The number of nitrogens with zero attached hydrogens (tertiary/aromatic N) is 3. The molecule has 0 aliphatic carbocycles. The predicted octanol–water partition coefficient (Wildman–Crippen LogP) is 3.28. The van der Waals surface area contributed by atoms with Crippen LogP contribution in [0.2, 0.25) is 0 Å². The van der Waals surface area contributed by atoms with Crippen LogP contribution in [0.3, 0.4) is 0 Å². The van der Waals surface area contributed by atoms with Crippen LogP contribution in [0.1, 0.15) is 24.1 Å². The van der Waals surface area contributed by atoms with E-state index in [2.05, 4.69) is 37.3 Å². The standard InChI is InChI=1S/C13H11BrN4/c1-9(11-4-2-10(7-15)3-5-11)18-13-6-12(14)16-8-17-13/h2-6,8-9H,1H3,(H,16,17,18). The zero-order valence-corrected chi connectivity index (χ0v) is 11.3. The molecule has 1 heterocycles. The van der Waals surface area contributed by atoms with E-state index in [-0.39, 0.29) is 6.04 Å². The zero-order chi connectivity index (χ0) is 13.0. The maximum atomic E-state index is 8.75. The minimum Gasteiger partial charge on any atom is -0.363 e. The molecule has 0 amide bonds. The van der Waals surface area contributed by atoms with Gasteiger partial charge in [-0.15, -0.1) is 0 Å². The number of nitrogens with one attached hydrogen (secondary N) is 1. The summed E-state index contributed by atoms with van der Waals surface area (Å²) < 4.78 is 0.743. The highest BCUT2D eigenvalue weighted by Crippen LogP contribution is 2.19. The quantitative estimate of drug-likeness (QED) is 0.884. The Balaban J connectivity index is 2.12. The Bertz CT molecular complexity index is 574. The Labute approximate surface area is 114 Å². The van der Waals surface area contributed by atoms with Crippen LogP contribution in [0.15, 0.2) is 41.3 Å². The fourth-order valence-electron chi connectivity index (χ4n) is 1.56. The van der Waals surface area contributed by atoms with Crippen molar-refractivity contribution in [3.05, 3.63) is 52.4 Å². The van der Waals surface area contributed by atoms with E-state index in [4.69, 9.17) is 5.26 Å². The summed E-state index contributed by atoms with van der Waals surface area (Å²) >= 11 is 3.30. The van der Waals surface area contributed by atoms with Crippen LogP contribution in [0, 0.1) is 11.3 Å². The first kappa shape index (κ1) is 12.5. The second kappa shape index (κ2) is 5.61. The predicted molar refractivity (Wildman–Crippen MR) is 72.9 cm³/mol. The van der Waals surface area contributed by atoms with Gasteiger partial charge in [-0.2, -0.15) is 5.26 Å². The number of aromatic nitrogens is 2. The smallest absolute Gasteiger partial charge is 0.130 e. The number of anilines is 1. The third kappa shape index (κ3) is 3.05. The van der Waals surface area contributed by atoms with Crippen molar-refractivity contribution < 1.29 is 0 Å². The number of benzene rings is 1. The molecule has 0 fully saturated rings. The average molecular weight is 303 g/mol. The summed E-state index contributed by atoms with van der Waals surface area (Å²) in [5.41, 5.74) is 1.76. The number of halogens is 1. The first-order valence-corrected chi connectivity index (χ1v) is 6.22. The fourth-order valence-corrected chi connectivity index (χ4v) is 1.87. The van der Waals surface area contributed by atoms with Gasteiger partial charge in [-0.1, -0.05) is 12.1 Å². The highest BCUT2D eigenvalue weighted by Gasteiger charge is 2.06. The maximum absolute atomic E-state index is 8.75. The molecule has 0 spiro atoms. The molecule has 18 heavy (non-hydrogen) atoms. The van der Waals surface area contributed by atoms with Crippen LogP contribution in [0.5, 0.6) is 0 Å². The van der Waals surface area contributed by atoms with Crippen LogP contribution < -0.4 is 5.32 Å². The number of hydrogen-bond donors (Lipinski definition) is 1. The number of rotatable bonds is 3. The molecule has 0 bridgehead atoms. The normalized spacial score (nSPS) is 11.6. The molecule has 1 atom stereocenters. The molecule has 2 rings (SSSR count). The van der Waals surface area contributed by atoms with Gasteiger partial charge in [0.15, 0.2) is 0 Å². The highest BCUT2D eigenvalue weighted by atomic mass is 79.9. The zero-order valence-electron chi connectivity index (χ0n) is 9.76. The molecule has 0 aliphatic rings. The summed E-state index contributed by atoms with van der Waals surface area (Å²) in [6.07, 6.45) is 1.50. The molecular weight excluding hydrogens is 292 g/mol. The van der Waals surface area contributed by atoms with E-state index in [0.29, 0.717) is 5.56 Å². The molecule has 0 saturated carbocycles. The molecule has 1 N–H and O–H groups in total. The maximum Gasteiger partial charge on any atom is 0.130 e. The van der Waals surface area contributed by atoms with Gasteiger partial charge in [-0.3, -0.25) is 0 Å². The monoisotopic (exact) mass is 302 g/mol. The molecule has 0 aliphatic heterocycles. The van der Waals surface area contributed by atoms with Gasteiger partial charge in [-0.05, 0) is 40.5 Å². The van der Waals surface area contributed by atoms with E-state index in [1.165, 1.54) is 6.33 Å². The Morgan fingerprint density at radius 1 is 1.28 bits per heavy atom. The van der Waals surface area contributed by atoms with Crippen molar-refractivity contribution in [3.8, 4) is 6.07 Å². The van der Waals surface area contributed by atoms with Crippen LogP contribution in [-0.2, 0) is 0 Å². The van der Waals surface area contributed by atoms with Crippen LogP contribution in [-0.4, -0.2) is 9.97 Å². The summed E-state index contributed by atoms with van der Waals surface area (Å²) in [5, 5.41) is 12.0. The van der Waals surface area contributed by atoms with E-state index >= 15 is 0 Å². The Morgan fingerprint density at radius 2 is 2.00 bits per heavy atom. The molecule has 1 aromatic carbocycles. The van der Waals surface area contributed by atoms with Gasteiger partial charge in [0, 0.05) is 12.1 Å². The lowest BCUT2D eigenvalue weighted by Crippen LogP contribution is -2.08. The fraction of sp³-hybridized carbons (Fsp3) is 0.154. The van der Waals surface area contributed by atoms with E-state index in [1.54, 1.807) is 0 Å². The largest absolute Gasteiger partial charge is 0.363 e. The van der Waals surface area contributed by atoms with E-state index < -0.39 is 0 Å². The van der Waals surface area contributed by atoms with Crippen LogP contribution in [0.25, 0.3) is 0 Å². The molecule has 1 aromatic heterocycles. The van der Waals surface area contributed by atoms with Crippen molar-refractivity contribution in [1.29, 1.82) is 5.26 Å². The second-order valence-corrected chi connectivity index (χ2v) is 4.64. The highest BCUT2D eigenvalue weighted by molar-refractivity contribution is 9.10. The minimum absolute atomic E-state index is 0.111. The summed E-state index contributed by atoms with van der Waals surface area (Å²) in [6.45, 7) is 2.04. The van der Waals surface area contributed by atoms with Crippen LogP contribution >= 0.6 is 15.9 Å². The van der Waals surface area contributed by atoms with Gasteiger partial charge in [0.1, 0.15) is 16.7 Å². The first-order valence-electron chi connectivity index (χ1n) is 5.43. The van der Waals surface area contributed by atoms with E-state index in [0.717, 1.165) is 16.0 Å². The molecule has 0 radical (unpaired) electrons. The third-order valence-electron chi connectivity index (χ3n) is 2.54. The summed E-state index contributed by atoms with van der Waals surface area (Å²) in [6, 6.07) is 11.5. The van der Waals surface area contributed by atoms with Crippen molar-refractivity contribution in [2.75, 3.05) is 5.32 Å². The van der Waals surface area contributed by atoms with Gasteiger partial charge in [0.05, 0.1) is 11.6 Å². The van der Waals surface area contributed by atoms with Gasteiger partial charge in [-0.25, -0.2) is 9.97 Å². The molecule has 0 saturated heterocycles. The van der Waals surface area contributed by atoms with E-state index in [1.807, 2.05) is 37.3 Å². The summed E-state index contributed by atoms with van der Waals surface area (Å²) in [4.78, 5) is 8.11. The third-order valence-corrected chi connectivity index (χ3v) is 2.97. The molecular formula is C13H11BrN4. The Hall–Kier alpha value is -1.93. The van der Waals surface area contributed by atoms with Crippen molar-refractivity contribution in [1.82, 2.24) is 9.97 Å². The van der Waals surface area contributed by atoms with Crippen molar-refractivity contribution in [3.63, 3.8) is 0 Å². The number of hydrogen-bond acceptors (Lipinski definition) is 4. The van der Waals surface area contributed by atoms with Gasteiger partial charge in [0.25, 0.3) is 0 Å². The number of nitriles is 1. The molecule has 1 unspecified atom stereocenters. The Kier molecular flexibility index (Phi) is 3.90. The average Bonchev–Trinajstić information content (AvgIpc) is 2.39. The van der Waals surface area contributed by atoms with Crippen molar-refractivity contribution in [2.24, 2.45) is 0 Å². The lowest BCUT2D eigenvalue weighted by atomic mass is 10.1. The lowest BCUT2D eigenvalue weighted by Gasteiger charge is -2.14. The second-order valence-electron chi connectivity index (χ2n) is 3.83. The molecule has 5 heteroatoms. The molecule has 90 valence electrons. The van der Waals surface area contributed by atoms with Crippen LogP contribution in [0.4, 0.5) is 5.82 Å². The summed E-state index contributed by atoms with van der Waals surface area (Å²) in [7, 11) is 0.